The lowest BCUT2D eigenvalue weighted by Crippen LogP contribution is -2.30. The number of carbonyl (C=O) groups is 1. The topological polar surface area (TPSA) is 49.8 Å². The van der Waals surface area contributed by atoms with Gasteiger partial charge >= 0.3 is 0 Å². The molecule has 126 valence electrons. The number of carbonyl (C=O) groups excluding carboxylic acids is 1. The molecule has 0 spiro atoms. The molecule has 2 aromatic carbocycles. The largest absolute Gasteiger partial charge is 0.508 e. The van der Waals surface area contributed by atoms with Gasteiger partial charge in [-0.05, 0) is 48.7 Å². The minimum absolute atomic E-state index is 0.0605. The highest BCUT2D eigenvalue weighted by atomic mass is 32.2. The van der Waals surface area contributed by atoms with Crippen LogP contribution < -0.4 is 4.74 Å². The second kappa shape index (κ2) is 7.62. The zero-order chi connectivity index (χ0) is 16.9. The Labute approximate surface area is 146 Å². The van der Waals surface area contributed by atoms with E-state index >= 15 is 0 Å². The average molecular weight is 343 g/mol. The van der Waals surface area contributed by atoms with Crippen LogP contribution in [0.5, 0.6) is 11.5 Å². The first-order valence-corrected chi connectivity index (χ1v) is 9.14. The number of phenols is 1. The van der Waals surface area contributed by atoms with Crippen LogP contribution in [0.2, 0.25) is 0 Å². The van der Waals surface area contributed by atoms with Crippen molar-refractivity contribution in [2.75, 3.05) is 18.9 Å². The third kappa shape index (κ3) is 3.85. The monoisotopic (exact) mass is 343 g/mol. The zero-order valence-electron chi connectivity index (χ0n) is 13.6. The van der Waals surface area contributed by atoms with E-state index in [-0.39, 0.29) is 17.0 Å². The van der Waals surface area contributed by atoms with Crippen molar-refractivity contribution < 1.29 is 14.6 Å². The fraction of sp³-hybridized carbons (Fsp3) is 0.316. The third-order valence-corrected chi connectivity index (χ3v) is 5.28. The third-order valence-electron chi connectivity index (χ3n) is 4.02. The molecular weight excluding hydrogens is 322 g/mol. The molecule has 4 nitrogen and oxygen atoms in total. The van der Waals surface area contributed by atoms with E-state index in [1.54, 1.807) is 23.9 Å². The van der Waals surface area contributed by atoms with E-state index in [0.717, 1.165) is 23.3 Å². The number of benzene rings is 2. The van der Waals surface area contributed by atoms with Crippen molar-refractivity contribution >= 4 is 17.7 Å². The Morgan fingerprint density at radius 3 is 2.54 bits per heavy atom. The van der Waals surface area contributed by atoms with Crippen LogP contribution in [0.1, 0.15) is 23.4 Å². The van der Waals surface area contributed by atoms with Crippen LogP contribution in [0.4, 0.5) is 0 Å². The maximum Gasteiger partial charge on any atom is 0.233 e. The first-order valence-electron chi connectivity index (χ1n) is 8.09. The number of aromatic hydroxyl groups is 1. The maximum atomic E-state index is 12.2. The second-order valence-corrected chi connectivity index (χ2v) is 6.74. The van der Waals surface area contributed by atoms with Gasteiger partial charge in [-0.15, -0.1) is 11.8 Å². The van der Waals surface area contributed by atoms with Gasteiger partial charge in [0.15, 0.2) is 0 Å². The first kappa shape index (κ1) is 16.7. The number of nitrogens with zero attached hydrogens (tertiary/aromatic N) is 1. The Kier molecular flexibility index (Phi) is 5.30. The molecule has 0 aromatic heterocycles. The minimum atomic E-state index is 0.0605. The molecule has 1 aliphatic heterocycles. The first-order chi connectivity index (χ1) is 11.7. The van der Waals surface area contributed by atoms with Crippen LogP contribution in [0.3, 0.4) is 0 Å². The number of thioether (sulfide) groups is 1. The Morgan fingerprint density at radius 1 is 1.17 bits per heavy atom. The van der Waals surface area contributed by atoms with Crippen molar-refractivity contribution in [3.63, 3.8) is 0 Å². The molecule has 1 amide bonds. The van der Waals surface area contributed by atoms with Gasteiger partial charge in [-0.2, -0.15) is 0 Å². The highest BCUT2D eigenvalue weighted by molar-refractivity contribution is 8.00. The summed E-state index contributed by atoms with van der Waals surface area (Å²) in [6.07, 6.45) is 0.778. The lowest BCUT2D eigenvalue weighted by molar-refractivity contribution is -0.128. The smallest absolute Gasteiger partial charge is 0.233 e. The fourth-order valence-electron chi connectivity index (χ4n) is 2.78. The molecule has 5 heteroatoms. The van der Waals surface area contributed by atoms with Crippen LogP contribution in [-0.4, -0.2) is 34.8 Å². The van der Waals surface area contributed by atoms with Crippen molar-refractivity contribution in [3.05, 3.63) is 59.7 Å². The highest BCUT2D eigenvalue weighted by Crippen LogP contribution is 2.39. The van der Waals surface area contributed by atoms with E-state index in [9.17, 15) is 9.90 Å². The summed E-state index contributed by atoms with van der Waals surface area (Å²) < 4.78 is 5.48. The van der Waals surface area contributed by atoms with E-state index in [2.05, 4.69) is 0 Å². The summed E-state index contributed by atoms with van der Waals surface area (Å²) >= 11 is 1.66. The fourth-order valence-corrected chi connectivity index (χ4v) is 4.00. The standard InChI is InChI=1S/C19H21NO3S/c1-2-23-17-9-5-15(6-10-17)19-20(18(22)13-24-19)12-11-14-3-7-16(21)8-4-14/h3-10,19,21H,2,11-13H2,1H3. The molecule has 24 heavy (non-hydrogen) atoms. The molecule has 1 heterocycles. The highest BCUT2D eigenvalue weighted by Gasteiger charge is 2.32. The van der Waals surface area contributed by atoms with Crippen molar-refractivity contribution in [3.8, 4) is 11.5 Å². The predicted molar refractivity (Wildman–Crippen MR) is 96.3 cm³/mol. The number of amides is 1. The molecule has 2 aromatic rings. The van der Waals surface area contributed by atoms with Crippen molar-refractivity contribution in [1.29, 1.82) is 0 Å². The Bertz CT molecular complexity index is 685. The van der Waals surface area contributed by atoms with E-state index in [1.165, 1.54) is 0 Å². The van der Waals surface area contributed by atoms with Crippen LogP contribution in [-0.2, 0) is 11.2 Å². The van der Waals surface area contributed by atoms with Crippen LogP contribution in [0.15, 0.2) is 48.5 Å². The van der Waals surface area contributed by atoms with Crippen molar-refractivity contribution in [2.24, 2.45) is 0 Å². The molecule has 1 unspecified atom stereocenters. The number of rotatable bonds is 6. The van der Waals surface area contributed by atoms with E-state index < -0.39 is 0 Å². The van der Waals surface area contributed by atoms with Gasteiger partial charge in [0.2, 0.25) is 5.91 Å². The van der Waals surface area contributed by atoms with Gasteiger partial charge in [0.25, 0.3) is 0 Å². The van der Waals surface area contributed by atoms with E-state index in [4.69, 9.17) is 4.74 Å². The lowest BCUT2D eigenvalue weighted by atomic mass is 10.1. The SMILES string of the molecule is CCOc1ccc(C2SCC(=O)N2CCc2ccc(O)cc2)cc1. The lowest BCUT2D eigenvalue weighted by Gasteiger charge is -2.24. The molecule has 1 atom stereocenters. The average Bonchev–Trinajstić information content (AvgIpc) is 2.96. The molecule has 1 aliphatic rings. The molecule has 0 saturated carbocycles. The zero-order valence-corrected chi connectivity index (χ0v) is 14.5. The summed E-state index contributed by atoms with van der Waals surface area (Å²) in [6.45, 7) is 3.29. The molecule has 1 saturated heterocycles. The van der Waals surface area contributed by atoms with Crippen LogP contribution >= 0.6 is 11.8 Å². The summed E-state index contributed by atoms with van der Waals surface area (Å²) in [6, 6.07) is 15.1. The molecule has 0 aliphatic carbocycles. The quantitative estimate of drug-likeness (QED) is 0.870. The van der Waals surface area contributed by atoms with E-state index in [0.29, 0.717) is 18.9 Å². The van der Waals surface area contributed by atoms with E-state index in [1.807, 2.05) is 48.2 Å². The molecule has 0 radical (unpaired) electrons. The normalized spacial score (nSPS) is 17.3. The number of hydrogen-bond donors (Lipinski definition) is 1. The predicted octanol–water partition coefficient (Wildman–Crippen LogP) is 3.61. The molecule has 1 fully saturated rings. The number of hydrogen-bond acceptors (Lipinski definition) is 4. The Morgan fingerprint density at radius 2 is 1.88 bits per heavy atom. The van der Waals surface area contributed by atoms with Crippen LogP contribution in [0.25, 0.3) is 0 Å². The minimum Gasteiger partial charge on any atom is -0.508 e. The Balaban J connectivity index is 1.68. The summed E-state index contributed by atoms with van der Waals surface area (Å²) in [5.74, 6) is 1.82. The van der Waals surface area contributed by atoms with Gasteiger partial charge in [-0.25, -0.2) is 0 Å². The van der Waals surface area contributed by atoms with Crippen molar-refractivity contribution in [2.45, 2.75) is 18.7 Å². The number of ether oxygens (including phenoxy) is 1. The molecular formula is C19H21NO3S. The van der Waals surface area contributed by atoms with Gasteiger partial charge in [0.1, 0.15) is 16.9 Å². The van der Waals surface area contributed by atoms with Crippen molar-refractivity contribution in [1.82, 2.24) is 4.90 Å². The molecule has 0 bridgehead atoms. The maximum absolute atomic E-state index is 12.2. The second-order valence-electron chi connectivity index (χ2n) is 5.67. The van der Waals surface area contributed by atoms with Gasteiger partial charge in [-0.1, -0.05) is 24.3 Å². The van der Waals surface area contributed by atoms with Gasteiger partial charge in [0.05, 0.1) is 12.4 Å². The Hall–Kier alpha value is -2.14. The van der Waals surface area contributed by atoms with Gasteiger partial charge in [0, 0.05) is 6.54 Å². The summed E-state index contributed by atoms with van der Waals surface area (Å²) in [5, 5.41) is 9.41. The summed E-state index contributed by atoms with van der Waals surface area (Å²) in [7, 11) is 0. The molecule has 3 rings (SSSR count). The summed E-state index contributed by atoms with van der Waals surface area (Å²) in [5.41, 5.74) is 2.24. The summed E-state index contributed by atoms with van der Waals surface area (Å²) in [4.78, 5) is 14.2. The number of phenolic OH excluding ortho intramolecular Hbond substituents is 1. The van der Waals surface area contributed by atoms with Gasteiger partial charge in [-0.3, -0.25) is 4.79 Å². The van der Waals surface area contributed by atoms with Gasteiger partial charge < -0.3 is 14.7 Å². The molecule has 1 N–H and O–H groups in total. The van der Waals surface area contributed by atoms with Crippen LogP contribution in [0, 0.1) is 0 Å².